The lowest BCUT2D eigenvalue weighted by Crippen LogP contribution is -2.11. The number of benzene rings is 2. The molecular weight excluding hydrogens is 328 g/mol. The molecule has 0 radical (unpaired) electrons. The van der Waals surface area contributed by atoms with Crippen molar-refractivity contribution >= 4 is 17.3 Å². The van der Waals surface area contributed by atoms with Crippen molar-refractivity contribution in [3.63, 3.8) is 0 Å². The summed E-state index contributed by atoms with van der Waals surface area (Å²) in [5.74, 6) is 0.679. The maximum Gasteiger partial charge on any atom is 0.250 e. The van der Waals surface area contributed by atoms with Gasteiger partial charge in [0.05, 0.1) is 0 Å². The zero-order chi connectivity index (χ0) is 18.7. The summed E-state index contributed by atoms with van der Waals surface area (Å²) in [5, 5.41) is 11.0. The molecule has 0 saturated heterocycles. The van der Waals surface area contributed by atoms with Crippen molar-refractivity contribution in [2.45, 2.75) is 6.92 Å². The number of carbonyl (C=O) groups excluding carboxylic acids is 1. The molecular formula is C20H20N4O2. The molecule has 26 heavy (non-hydrogen) atoms. The number of nitrogens with one attached hydrogen (secondary N) is 1. The smallest absolute Gasteiger partial charge is 0.250 e. The van der Waals surface area contributed by atoms with Crippen LogP contribution in [0.2, 0.25) is 0 Å². The summed E-state index contributed by atoms with van der Waals surface area (Å²) in [4.78, 5) is 13.7. The Labute approximate surface area is 152 Å². The highest BCUT2D eigenvalue weighted by atomic mass is 16.4. The van der Waals surface area contributed by atoms with Crippen molar-refractivity contribution in [1.82, 2.24) is 10.2 Å². The zero-order valence-electron chi connectivity index (χ0n) is 15.0. The first-order valence-corrected chi connectivity index (χ1v) is 8.12. The van der Waals surface area contributed by atoms with Gasteiger partial charge < -0.3 is 14.6 Å². The summed E-state index contributed by atoms with van der Waals surface area (Å²) >= 11 is 0. The molecule has 0 aliphatic carbocycles. The van der Waals surface area contributed by atoms with Gasteiger partial charge in [0.2, 0.25) is 11.8 Å². The Hall–Kier alpha value is -3.41. The van der Waals surface area contributed by atoms with Crippen molar-refractivity contribution < 1.29 is 9.21 Å². The van der Waals surface area contributed by atoms with E-state index in [0.717, 1.165) is 16.8 Å². The quantitative estimate of drug-likeness (QED) is 0.706. The molecule has 0 aliphatic rings. The van der Waals surface area contributed by atoms with Crippen LogP contribution in [0.15, 0.2) is 65.1 Å². The molecule has 0 atom stereocenters. The number of carbonyl (C=O) groups is 1. The summed E-state index contributed by atoms with van der Waals surface area (Å²) in [7, 11) is 3.98. The average molecular weight is 348 g/mol. The second-order valence-corrected chi connectivity index (χ2v) is 6.17. The summed E-state index contributed by atoms with van der Waals surface area (Å²) in [6.07, 6.45) is 0. The number of anilines is 2. The monoisotopic (exact) mass is 348 g/mol. The summed E-state index contributed by atoms with van der Waals surface area (Å²) < 4.78 is 5.78. The van der Waals surface area contributed by atoms with Crippen molar-refractivity contribution in [2.24, 2.45) is 0 Å². The van der Waals surface area contributed by atoms with Crippen LogP contribution >= 0.6 is 0 Å². The van der Waals surface area contributed by atoms with Gasteiger partial charge in [-0.1, -0.05) is 6.58 Å². The minimum atomic E-state index is -0.209. The Bertz CT molecular complexity index is 925. The largest absolute Gasteiger partial charge is 0.416 e. The maximum absolute atomic E-state index is 11.6. The number of hydrogen-bond donors (Lipinski definition) is 1. The molecule has 6 heteroatoms. The van der Waals surface area contributed by atoms with Gasteiger partial charge in [-0.2, -0.15) is 0 Å². The first kappa shape index (κ1) is 17.4. The minimum absolute atomic E-state index is 0.209. The van der Waals surface area contributed by atoms with Crippen LogP contribution in [0.5, 0.6) is 0 Å². The van der Waals surface area contributed by atoms with E-state index < -0.39 is 0 Å². The van der Waals surface area contributed by atoms with Gasteiger partial charge in [-0.25, -0.2) is 0 Å². The second-order valence-electron chi connectivity index (χ2n) is 6.17. The van der Waals surface area contributed by atoms with Crippen molar-refractivity contribution in [2.75, 3.05) is 24.3 Å². The van der Waals surface area contributed by atoms with Gasteiger partial charge in [0, 0.05) is 42.2 Å². The van der Waals surface area contributed by atoms with Gasteiger partial charge in [-0.05, 0) is 55.5 Å². The normalized spacial score (nSPS) is 10.4. The number of amides is 1. The Balaban J connectivity index is 1.77. The first-order chi connectivity index (χ1) is 12.4. The molecule has 0 aliphatic heterocycles. The Kier molecular flexibility index (Phi) is 4.84. The lowest BCUT2D eigenvalue weighted by Gasteiger charge is -2.11. The van der Waals surface area contributed by atoms with E-state index in [1.165, 1.54) is 0 Å². The molecule has 2 aromatic carbocycles. The minimum Gasteiger partial charge on any atom is -0.416 e. The van der Waals surface area contributed by atoms with Gasteiger partial charge in [-0.3, -0.25) is 4.79 Å². The highest BCUT2D eigenvalue weighted by Gasteiger charge is 2.11. The number of aromatic nitrogens is 2. The van der Waals surface area contributed by atoms with E-state index in [-0.39, 0.29) is 5.91 Å². The Morgan fingerprint density at radius 1 is 0.962 bits per heavy atom. The van der Waals surface area contributed by atoms with Gasteiger partial charge >= 0.3 is 0 Å². The molecule has 1 aromatic heterocycles. The zero-order valence-corrected chi connectivity index (χ0v) is 15.0. The summed E-state index contributed by atoms with van der Waals surface area (Å²) in [6, 6.07) is 15.1. The van der Waals surface area contributed by atoms with Gasteiger partial charge in [0.25, 0.3) is 5.91 Å². The molecule has 1 amide bonds. The van der Waals surface area contributed by atoms with Gasteiger partial charge in [0.1, 0.15) is 0 Å². The van der Waals surface area contributed by atoms with Crippen molar-refractivity contribution in [3.8, 4) is 22.9 Å². The number of nitrogens with zero attached hydrogens (tertiary/aromatic N) is 3. The van der Waals surface area contributed by atoms with Crippen molar-refractivity contribution in [1.29, 1.82) is 0 Å². The molecule has 0 bridgehead atoms. The van der Waals surface area contributed by atoms with E-state index in [4.69, 9.17) is 4.42 Å². The lowest BCUT2D eigenvalue weighted by molar-refractivity contribution is -0.112. The molecule has 6 nitrogen and oxygen atoms in total. The molecule has 3 aromatic rings. The molecule has 0 saturated carbocycles. The molecule has 3 rings (SSSR count). The van der Waals surface area contributed by atoms with Crippen LogP contribution in [0.25, 0.3) is 22.9 Å². The SMILES string of the molecule is C=C(C)C(=O)Nc1ccc(-c2nnc(-c3ccc(N(C)C)cc3)o2)cc1. The molecule has 0 unspecified atom stereocenters. The van der Waals surface area contributed by atoms with Crippen LogP contribution in [0.1, 0.15) is 6.92 Å². The third-order valence-corrected chi connectivity index (χ3v) is 3.83. The standard InChI is InChI=1S/C20H20N4O2/c1-13(2)18(25)21-16-9-5-14(6-10-16)19-22-23-20(26-19)15-7-11-17(12-8-15)24(3)4/h5-12H,1H2,2-4H3,(H,21,25). The number of rotatable bonds is 5. The van der Waals surface area contributed by atoms with Crippen LogP contribution in [0.4, 0.5) is 11.4 Å². The van der Waals surface area contributed by atoms with E-state index in [1.54, 1.807) is 19.1 Å². The van der Waals surface area contributed by atoms with E-state index in [1.807, 2.05) is 55.4 Å². The van der Waals surface area contributed by atoms with Gasteiger partial charge in [-0.15, -0.1) is 10.2 Å². The van der Waals surface area contributed by atoms with Crippen LogP contribution in [0.3, 0.4) is 0 Å². The highest BCUT2D eigenvalue weighted by molar-refractivity contribution is 6.02. The molecule has 0 fully saturated rings. The fraction of sp³-hybridized carbons (Fsp3) is 0.150. The number of hydrogen-bond acceptors (Lipinski definition) is 5. The topological polar surface area (TPSA) is 71.3 Å². The average Bonchev–Trinajstić information content (AvgIpc) is 3.12. The van der Waals surface area contributed by atoms with Crippen LogP contribution in [-0.4, -0.2) is 30.2 Å². The predicted molar refractivity (Wildman–Crippen MR) is 103 cm³/mol. The first-order valence-electron chi connectivity index (χ1n) is 8.12. The maximum atomic E-state index is 11.6. The third kappa shape index (κ3) is 3.80. The molecule has 132 valence electrons. The lowest BCUT2D eigenvalue weighted by atomic mass is 10.2. The molecule has 0 spiro atoms. The van der Waals surface area contributed by atoms with Crippen LogP contribution in [0, 0.1) is 0 Å². The molecule has 1 N–H and O–H groups in total. The van der Waals surface area contributed by atoms with E-state index in [9.17, 15) is 4.79 Å². The molecule has 1 heterocycles. The second kappa shape index (κ2) is 7.23. The van der Waals surface area contributed by atoms with E-state index >= 15 is 0 Å². The third-order valence-electron chi connectivity index (χ3n) is 3.83. The summed E-state index contributed by atoms with van der Waals surface area (Å²) in [6.45, 7) is 5.28. The van der Waals surface area contributed by atoms with E-state index in [0.29, 0.717) is 23.0 Å². The van der Waals surface area contributed by atoms with Crippen LogP contribution in [-0.2, 0) is 4.79 Å². The Morgan fingerprint density at radius 3 is 1.92 bits per heavy atom. The fourth-order valence-electron chi connectivity index (χ4n) is 2.29. The van der Waals surface area contributed by atoms with Gasteiger partial charge in [0.15, 0.2) is 0 Å². The highest BCUT2D eigenvalue weighted by Crippen LogP contribution is 2.26. The fourth-order valence-corrected chi connectivity index (χ4v) is 2.29. The summed E-state index contributed by atoms with van der Waals surface area (Å²) in [5.41, 5.74) is 3.87. The van der Waals surface area contributed by atoms with Crippen LogP contribution < -0.4 is 10.2 Å². The predicted octanol–water partition coefficient (Wildman–Crippen LogP) is 3.98. The van der Waals surface area contributed by atoms with E-state index in [2.05, 4.69) is 22.1 Å². The Morgan fingerprint density at radius 2 is 1.46 bits per heavy atom. The van der Waals surface area contributed by atoms with Crippen molar-refractivity contribution in [3.05, 3.63) is 60.7 Å².